The second kappa shape index (κ2) is 6.35. The molecule has 0 aliphatic rings. The molecule has 0 aliphatic heterocycles. The van der Waals surface area contributed by atoms with E-state index < -0.39 is 0 Å². The Bertz CT molecular complexity index is 100. The molecule has 0 saturated carbocycles. The maximum Gasteiger partial charge on any atom is 0.216 e. The Morgan fingerprint density at radius 3 is 1.38 bits per heavy atom. The van der Waals surface area contributed by atoms with Crippen molar-refractivity contribution in [2.24, 2.45) is 0 Å². The van der Waals surface area contributed by atoms with Gasteiger partial charge in [-0.25, -0.2) is 0 Å². The average molecular weight is 189 g/mol. The summed E-state index contributed by atoms with van der Waals surface area (Å²) in [5, 5.41) is 3.20. The fourth-order valence-corrected chi connectivity index (χ4v) is 0.877. The predicted octanol–water partition coefficient (Wildman–Crippen LogP) is 2.12. The molecular formula is C10H23NO2. The lowest BCUT2D eigenvalue weighted by Crippen LogP contribution is -2.41. The summed E-state index contributed by atoms with van der Waals surface area (Å²) in [4.78, 5) is 0. The molecule has 0 aliphatic carbocycles. The van der Waals surface area contributed by atoms with Gasteiger partial charge in [0.2, 0.25) is 6.41 Å². The topological polar surface area (TPSA) is 30.5 Å². The van der Waals surface area contributed by atoms with Gasteiger partial charge in [-0.15, -0.1) is 0 Å². The van der Waals surface area contributed by atoms with Crippen LogP contribution >= 0.6 is 0 Å². The van der Waals surface area contributed by atoms with Gasteiger partial charge in [0, 0.05) is 6.04 Å². The quantitative estimate of drug-likeness (QED) is 0.649. The molecule has 0 bridgehead atoms. The van der Waals surface area contributed by atoms with E-state index in [-0.39, 0.29) is 18.6 Å². The van der Waals surface area contributed by atoms with Crippen LogP contribution in [-0.4, -0.2) is 24.7 Å². The first-order valence-corrected chi connectivity index (χ1v) is 4.98. The van der Waals surface area contributed by atoms with Gasteiger partial charge in [-0.2, -0.15) is 0 Å². The van der Waals surface area contributed by atoms with Gasteiger partial charge in [0.25, 0.3) is 0 Å². The zero-order valence-corrected chi connectivity index (χ0v) is 9.63. The summed E-state index contributed by atoms with van der Waals surface area (Å²) in [6.45, 7) is 12.1. The minimum Gasteiger partial charge on any atom is -0.337 e. The normalized spacial score (nSPS) is 12.5. The molecule has 0 fully saturated rings. The van der Waals surface area contributed by atoms with Gasteiger partial charge in [-0.05, 0) is 41.5 Å². The summed E-state index contributed by atoms with van der Waals surface area (Å²) in [7, 11) is 0. The van der Waals surface area contributed by atoms with Crippen molar-refractivity contribution >= 4 is 0 Å². The Morgan fingerprint density at radius 2 is 1.15 bits per heavy atom. The molecule has 13 heavy (non-hydrogen) atoms. The second-order valence-corrected chi connectivity index (χ2v) is 4.02. The molecule has 80 valence electrons. The third kappa shape index (κ3) is 8.22. The molecule has 3 heteroatoms. The summed E-state index contributed by atoms with van der Waals surface area (Å²) < 4.78 is 11.1. The third-order valence-corrected chi connectivity index (χ3v) is 1.26. The maximum atomic E-state index is 5.54. The molecule has 0 radical (unpaired) electrons. The van der Waals surface area contributed by atoms with Crippen LogP contribution in [0.5, 0.6) is 0 Å². The van der Waals surface area contributed by atoms with Crippen LogP contribution in [-0.2, 0) is 9.47 Å². The molecule has 1 N–H and O–H groups in total. The molecule has 0 heterocycles. The van der Waals surface area contributed by atoms with Gasteiger partial charge in [0.1, 0.15) is 0 Å². The number of ether oxygens (including phenoxy) is 2. The second-order valence-electron chi connectivity index (χ2n) is 4.02. The van der Waals surface area contributed by atoms with Crippen molar-refractivity contribution in [3.8, 4) is 0 Å². The average Bonchev–Trinajstić information content (AvgIpc) is 1.80. The van der Waals surface area contributed by atoms with E-state index in [4.69, 9.17) is 9.47 Å². The minimum atomic E-state index is -0.292. The van der Waals surface area contributed by atoms with E-state index in [1.165, 1.54) is 0 Å². The largest absolute Gasteiger partial charge is 0.337 e. The molecule has 0 atom stereocenters. The Morgan fingerprint density at radius 1 is 0.769 bits per heavy atom. The third-order valence-electron chi connectivity index (χ3n) is 1.26. The highest BCUT2D eigenvalue weighted by Crippen LogP contribution is 2.02. The highest BCUT2D eigenvalue weighted by molar-refractivity contribution is 4.54. The van der Waals surface area contributed by atoms with Crippen LogP contribution in [0.4, 0.5) is 0 Å². The molecule has 0 rings (SSSR count). The Kier molecular flexibility index (Phi) is 6.29. The van der Waals surface area contributed by atoms with Crippen LogP contribution < -0.4 is 5.32 Å². The van der Waals surface area contributed by atoms with E-state index >= 15 is 0 Å². The summed E-state index contributed by atoms with van der Waals surface area (Å²) in [5.41, 5.74) is 0. The number of hydrogen-bond acceptors (Lipinski definition) is 3. The van der Waals surface area contributed by atoms with Crippen LogP contribution in [0.3, 0.4) is 0 Å². The van der Waals surface area contributed by atoms with Crippen molar-refractivity contribution in [2.45, 2.75) is 66.2 Å². The molecular weight excluding hydrogens is 166 g/mol. The molecule has 0 aromatic rings. The van der Waals surface area contributed by atoms with Crippen molar-refractivity contribution in [3.05, 3.63) is 0 Å². The lowest BCUT2D eigenvalue weighted by molar-refractivity contribution is -0.199. The summed E-state index contributed by atoms with van der Waals surface area (Å²) in [5.74, 6) is 0. The van der Waals surface area contributed by atoms with Crippen LogP contribution in [0.15, 0.2) is 0 Å². The van der Waals surface area contributed by atoms with E-state index in [2.05, 4.69) is 19.2 Å². The molecule has 0 aromatic heterocycles. The van der Waals surface area contributed by atoms with Crippen LogP contribution in [0, 0.1) is 0 Å². The molecule has 0 amide bonds. The SMILES string of the molecule is CC(C)NC(OC(C)C)OC(C)C. The van der Waals surface area contributed by atoms with E-state index in [9.17, 15) is 0 Å². The fraction of sp³-hybridized carbons (Fsp3) is 1.00. The smallest absolute Gasteiger partial charge is 0.216 e. The van der Waals surface area contributed by atoms with E-state index in [0.717, 1.165) is 0 Å². The monoisotopic (exact) mass is 189 g/mol. The molecule has 0 saturated heterocycles. The first kappa shape index (κ1) is 12.9. The number of nitrogens with one attached hydrogen (secondary N) is 1. The van der Waals surface area contributed by atoms with Crippen LogP contribution in [0.25, 0.3) is 0 Å². The van der Waals surface area contributed by atoms with E-state index in [1.54, 1.807) is 0 Å². The van der Waals surface area contributed by atoms with Gasteiger partial charge in [0.05, 0.1) is 12.2 Å². The Labute approximate surface area is 81.8 Å². The first-order valence-electron chi connectivity index (χ1n) is 4.98. The Hall–Kier alpha value is -0.120. The standard InChI is InChI=1S/C10H23NO2/c1-7(2)11-10(12-8(3)4)13-9(5)6/h7-11H,1-6H3. The molecule has 0 unspecified atom stereocenters. The number of rotatable bonds is 6. The summed E-state index contributed by atoms with van der Waals surface area (Å²) >= 11 is 0. The first-order chi connectivity index (χ1) is 5.91. The lowest BCUT2D eigenvalue weighted by atomic mass is 10.4. The van der Waals surface area contributed by atoms with Gasteiger partial charge in [-0.1, -0.05) is 0 Å². The van der Waals surface area contributed by atoms with Gasteiger partial charge in [-0.3, -0.25) is 5.32 Å². The summed E-state index contributed by atoms with van der Waals surface area (Å²) in [6.07, 6.45) is 0.0602. The highest BCUT2D eigenvalue weighted by atomic mass is 16.7. The Balaban J connectivity index is 3.87. The zero-order valence-electron chi connectivity index (χ0n) is 9.63. The van der Waals surface area contributed by atoms with Crippen molar-refractivity contribution in [1.82, 2.24) is 5.32 Å². The van der Waals surface area contributed by atoms with E-state index in [1.807, 2.05) is 27.7 Å². The van der Waals surface area contributed by atoms with Gasteiger partial charge in [0.15, 0.2) is 0 Å². The highest BCUT2D eigenvalue weighted by Gasteiger charge is 2.13. The lowest BCUT2D eigenvalue weighted by Gasteiger charge is -2.25. The summed E-state index contributed by atoms with van der Waals surface area (Å²) in [6, 6.07) is 0.363. The van der Waals surface area contributed by atoms with Crippen molar-refractivity contribution in [3.63, 3.8) is 0 Å². The maximum absolute atomic E-state index is 5.54. The molecule has 3 nitrogen and oxygen atoms in total. The molecule has 0 spiro atoms. The van der Waals surface area contributed by atoms with Gasteiger partial charge >= 0.3 is 0 Å². The zero-order chi connectivity index (χ0) is 10.4. The van der Waals surface area contributed by atoms with Crippen molar-refractivity contribution in [2.75, 3.05) is 0 Å². The van der Waals surface area contributed by atoms with Crippen molar-refractivity contribution in [1.29, 1.82) is 0 Å². The van der Waals surface area contributed by atoms with Crippen LogP contribution in [0.1, 0.15) is 41.5 Å². The van der Waals surface area contributed by atoms with E-state index in [0.29, 0.717) is 6.04 Å². The number of hydrogen-bond donors (Lipinski definition) is 1. The molecule has 0 aromatic carbocycles. The van der Waals surface area contributed by atoms with Gasteiger partial charge < -0.3 is 9.47 Å². The minimum absolute atomic E-state index is 0.176. The fourth-order valence-electron chi connectivity index (χ4n) is 0.877. The van der Waals surface area contributed by atoms with Crippen LogP contribution in [0.2, 0.25) is 0 Å². The predicted molar refractivity (Wildman–Crippen MR) is 54.5 cm³/mol. The van der Waals surface area contributed by atoms with Crippen molar-refractivity contribution < 1.29 is 9.47 Å².